The minimum atomic E-state index is 0.298. The predicted octanol–water partition coefficient (Wildman–Crippen LogP) is 2.09. The van der Waals surface area contributed by atoms with Gasteiger partial charge in [-0.3, -0.25) is 9.79 Å². The maximum Gasteiger partial charge on any atom is 0.222 e. The summed E-state index contributed by atoms with van der Waals surface area (Å²) in [5, 5.41) is 6.74. The van der Waals surface area contributed by atoms with Gasteiger partial charge in [0, 0.05) is 52.2 Å². The van der Waals surface area contributed by atoms with E-state index in [1.807, 2.05) is 17.0 Å². The Morgan fingerprint density at radius 1 is 1.28 bits per heavy atom. The van der Waals surface area contributed by atoms with E-state index in [1.54, 1.807) is 7.11 Å². The lowest BCUT2D eigenvalue weighted by atomic mass is 10.1. The first-order chi connectivity index (χ1) is 14.2. The van der Waals surface area contributed by atoms with Gasteiger partial charge in [0.25, 0.3) is 0 Å². The second kappa shape index (κ2) is 10.9. The number of likely N-dealkylation sites (tertiary alicyclic amines) is 1. The fourth-order valence-corrected chi connectivity index (χ4v) is 4.07. The molecule has 1 unspecified atom stereocenters. The number of amides is 1. The fraction of sp³-hybridized carbons (Fsp3) is 0.636. The molecule has 160 valence electrons. The summed E-state index contributed by atoms with van der Waals surface area (Å²) < 4.78 is 5.51. The van der Waals surface area contributed by atoms with Crippen LogP contribution in [-0.4, -0.2) is 69.7 Å². The first-order valence-electron chi connectivity index (χ1n) is 10.9. The zero-order chi connectivity index (χ0) is 20.5. The van der Waals surface area contributed by atoms with Crippen molar-refractivity contribution in [1.29, 1.82) is 0 Å². The largest absolute Gasteiger partial charge is 0.495 e. The monoisotopic (exact) mass is 401 g/mol. The maximum atomic E-state index is 11.7. The van der Waals surface area contributed by atoms with Crippen LogP contribution in [0.1, 0.15) is 32.6 Å². The summed E-state index contributed by atoms with van der Waals surface area (Å²) >= 11 is 0. The first kappa shape index (κ1) is 21.3. The molecule has 7 nitrogen and oxygen atoms in total. The minimum absolute atomic E-state index is 0.298. The summed E-state index contributed by atoms with van der Waals surface area (Å²) in [6.45, 7) is 8.35. The van der Waals surface area contributed by atoms with Gasteiger partial charge in [-0.1, -0.05) is 12.1 Å². The van der Waals surface area contributed by atoms with Gasteiger partial charge in [0.15, 0.2) is 5.96 Å². The average Bonchev–Trinajstić information content (AvgIpc) is 3.38. The van der Waals surface area contributed by atoms with Crippen molar-refractivity contribution in [2.45, 2.75) is 32.6 Å². The van der Waals surface area contributed by atoms with Gasteiger partial charge in [0.1, 0.15) is 5.75 Å². The lowest BCUT2D eigenvalue weighted by molar-refractivity contribution is -0.127. The van der Waals surface area contributed by atoms with E-state index in [2.05, 4.69) is 34.6 Å². The number of para-hydroxylation sites is 2. The molecule has 1 amide bonds. The molecule has 0 bridgehead atoms. The average molecular weight is 402 g/mol. The molecule has 1 atom stereocenters. The summed E-state index contributed by atoms with van der Waals surface area (Å²) in [7, 11) is 1.73. The highest BCUT2D eigenvalue weighted by Crippen LogP contribution is 2.31. The number of hydrogen-bond acceptors (Lipinski definition) is 4. The zero-order valence-electron chi connectivity index (χ0n) is 17.8. The van der Waals surface area contributed by atoms with Gasteiger partial charge in [-0.2, -0.15) is 0 Å². The Labute approximate surface area is 174 Å². The molecule has 2 heterocycles. The number of rotatable bonds is 9. The first-order valence-corrected chi connectivity index (χ1v) is 10.9. The number of benzene rings is 1. The van der Waals surface area contributed by atoms with Crippen molar-refractivity contribution >= 4 is 17.6 Å². The topological polar surface area (TPSA) is 69.2 Å². The number of hydrogen-bond donors (Lipinski definition) is 2. The molecule has 1 aromatic carbocycles. The van der Waals surface area contributed by atoms with Crippen LogP contribution in [0.3, 0.4) is 0 Å². The molecule has 1 aromatic rings. The summed E-state index contributed by atoms with van der Waals surface area (Å²) in [4.78, 5) is 20.9. The fourth-order valence-electron chi connectivity index (χ4n) is 4.07. The van der Waals surface area contributed by atoms with E-state index in [0.29, 0.717) is 18.2 Å². The second-order valence-corrected chi connectivity index (χ2v) is 7.76. The number of carbonyl (C=O) groups excluding carboxylic acids is 1. The smallest absolute Gasteiger partial charge is 0.222 e. The molecule has 7 heteroatoms. The number of carbonyl (C=O) groups is 1. The Morgan fingerprint density at radius 3 is 2.90 bits per heavy atom. The molecule has 29 heavy (non-hydrogen) atoms. The molecule has 2 aliphatic rings. The normalized spacial score (nSPS) is 19.7. The Morgan fingerprint density at radius 2 is 2.14 bits per heavy atom. The van der Waals surface area contributed by atoms with E-state index in [0.717, 1.165) is 76.8 Å². The van der Waals surface area contributed by atoms with E-state index < -0.39 is 0 Å². The Balaban J connectivity index is 1.44. The van der Waals surface area contributed by atoms with Crippen LogP contribution in [0.15, 0.2) is 29.3 Å². The zero-order valence-corrected chi connectivity index (χ0v) is 17.8. The molecule has 3 rings (SSSR count). The number of guanidine groups is 1. The summed E-state index contributed by atoms with van der Waals surface area (Å²) in [5.74, 6) is 2.64. The lowest BCUT2D eigenvalue weighted by Gasteiger charge is -2.21. The summed E-state index contributed by atoms with van der Waals surface area (Å²) in [5.41, 5.74) is 1.17. The van der Waals surface area contributed by atoms with Crippen molar-refractivity contribution in [1.82, 2.24) is 15.5 Å². The predicted molar refractivity (Wildman–Crippen MR) is 118 cm³/mol. The molecule has 0 aromatic heterocycles. The molecule has 2 saturated heterocycles. The van der Waals surface area contributed by atoms with Crippen molar-refractivity contribution in [3.05, 3.63) is 24.3 Å². The third kappa shape index (κ3) is 6.02. The molecular weight excluding hydrogens is 366 g/mol. The van der Waals surface area contributed by atoms with Crippen LogP contribution >= 0.6 is 0 Å². The number of anilines is 1. The highest BCUT2D eigenvalue weighted by molar-refractivity contribution is 5.80. The van der Waals surface area contributed by atoms with Crippen LogP contribution < -0.4 is 20.3 Å². The van der Waals surface area contributed by atoms with E-state index in [-0.39, 0.29) is 0 Å². The second-order valence-electron chi connectivity index (χ2n) is 7.76. The molecule has 2 N–H and O–H groups in total. The van der Waals surface area contributed by atoms with E-state index >= 15 is 0 Å². The third-order valence-electron chi connectivity index (χ3n) is 5.63. The molecular formula is C22H35N5O2. The Bertz CT molecular complexity index is 694. The highest BCUT2D eigenvalue weighted by atomic mass is 16.5. The number of methoxy groups -OCH3 is 1. The van der Waals surface area contributed by atoms with Crippen molar-refractivity contribution in [2.24, 2.45) is 10.9 Å². The Hall–Kier alpha value is -2.44. The van der Waals surface area contributed by atoms with Crippen LogP contribution in [0.2, 0.25) is 0 Å². The summed E-state index contributed by atoms with van der Waals surface area (Å²) in [6, 6.07) is 8.21. The van der Waals surface area contributed by atoms with Crippen LogP contribution in [0.25, 0.3) is 0 Å². The van der Waals surface area contributed by atoms with Gasteiger partial charge in [-0.25, -0.2) is 0 Å². The van der Waals surface area contributed by atoms with Crippen LogP contribution in [0, 0.1) is 5.92 Å². The maximum absolute atomic E-state index is 11.7. The number of ether oxygens (including phenoxy) is 1. The quantitative estimate of drug-likeness (QED) is 0.377. The molecule has 0 radical (unpaired) electrons. The molecule has 0 saturated carbocycles. The van der Waals surface area contributed by atoms with Crippen molar-refractivity contribution in [2.75, 3.05) is 57.8 Å². The molecule has 2 fully saturated rings. The van der Waals surface area contributed by atoms with Gasteiger partial charge in [-0.05, 0) is 44.2 Å². The highest BCUT2D eigenvalue weighted by Gasteiger charge is 2.24. The van der Waals surface area contributed by atoms with Crippen molar-refractivity contribution < 1.29 is 9.53 Å². The van der Waals surface area contributed by atoms with Crippen LogP contribution in [-0.2, 0) is 4.79 Å². The van der Waals surface area contributed by atoms with Crippen molar-refractivity contribution in [3.63, 3.8) is 0 Å². The summed E-state index contributed by atoms with van der Waals surface area (Å²) in [6.07, 6.45) is 3.80. The van der Waals surface area contributed by atoms with Gasteiger partial charge >= 0.3 is 0 Å². The van der Waals surface area contributed by atoms with Crippen LogP contribution in [0.4, 0.5) is 5.69 Å². The number of nitrogens with one attached hydrogen (secondary N) is 2. The van der Waals surface area contributed by atoms with Gasteiger partial charge < -0.3 is 25.2 Å². The molecule has 2 aliphatic heterocycles. The van der Waals surface area contributed by atoms with Crippen LogP contribution in [0.5, 0.6) is 5.75 Å². The SMILES string of the molecule is CCNC(=NCC1CCN(c2ccccc2OC)C1)NCCCN1CCCC1=O. The number of aliphatic imine (C=N–C) groups is 1. The third-order valence-corrected chi connectivity index (χ3v) is 5.63. The van der Waals surface area contributed by atoms with E-state index in [1.165, 1.54) is 5.69 Å². The molecule has 0 aliphatic carbocycles. The van der Waals surface area contributed by atoms with Gasteiger partial charge in [0.2, 0.25) is 5.91 Å². The lowest BCUT2D eigenvalue weighted by Crippen LogP contribution is -2.39. The Kier molecular flexibility index (Phi) is 8.02. The van der Waals surface area contributed by atoms with Gasteiger partial charge in [0.05, 0.1) is 12.8 Å². The van der Waals surface area contributed by atoms with Crippen molar-refractivity contribution in [3.8, 4) is 5.75 Å². The molecule has 0 spiro atoms. The van der Waals surface area contributed by atoms with E-state index in [4.69, 9.17) is 9.73 Å². The standard InChI is InChI=1S/C22H35N5O2/c1-3-23-22(24-12-7-14-26-13-6-10-21(26)28)25-16-18-11-15-27(17-18)19-8-4-5-9-20(19)29-2/h4-5,8-9,18H,3,6-7,10-17H2,1-2H3,(H2,23,24,25). The number of nitrogens with zero attached hydrogens (tertiary/aromatic N) is 3. The minimum Gasteiger partial charge on any atom is -0.495 e. The van der Waals surface area contributed by atoms with E-state index in [9.17, 15) is 4.79 Å². The van der Waals surface area contributed by atoms with Gasteiger partial charge in [-0.15, -0.1) is 0 Å².